The molecule has 0 aliphatic rings. The number of rotatable bonds is 4. The van der Waals surface area contributed by atoms with E-state index < -0.39 is 5.41 Å². The van der Waals surface area contributed by atoms with Crippen LogP contribution in [0.15, 0.2) is 24.3 Å². The van der Waals surface area contributed by atoms with Crippen molar-refractivity contribution in [3.05, 3.63) is 24.3 Å². The number of benzene rings is 1. The van der Waals surface area contributed by atoms with Gasteiger partial charge in [-0.2, -0.15) is 5.26 Å². The Morgan fingerprint density at radius 1 is 1.27 bits per heavy atom. The van der Waals surface area contributed by atoms with Gasteiger partial charge in [0.25, 0.3) is 0 Å². The fraction of sp³-hybridized carbons (Fsp3) is 0.417. The summed E-state index contributed by atoms with van der Waals surface area (Å²) in [6.45, 7) is 4.02. The lowest BCUT2D eigenvalue weighted by molar-refractivity contribution is 0.218. The standard InChI is InChI=1S/C12H15NO2/c1-12(2,8-13)9-15-11-7-5-4-6-10(11)14-3/h4-7H,9H2,1-3H3. The third-order valence-corrected chi connectivity index (χ3v) is 1.96. The number of methoxy groups -OCH3 is 1. The zero-order valence-corrected chi connectivity index (χ0v) is 9.28. The summed E-state index contributed by atoms with van der Waals surface area (Å²) in [5.41, 5.74) is -0.485. The van der Waals surface area contributed by atoms with Gasteiger partial charge in [-0.15, -0.1) is 0 Å². The molecule has 0 saturated heterocycles. The maximum atomic E-state index is 8.84. The molecule has 0 spiro atoms. The van der Waals surface area contributed by atoms with Crippen LogP contribution in [-0.4, -0.2) is 13.7 Å². The van der Waals surface area contributed by atoms with Crippen molar-refractivity contribution in [1.29, 1.82) is 5.26 Å². The van der Waals surface area contributed by atoms with E-state index in [-0.39, 0.29) is 0 Å². The summed E-state index contributed by atoms with van der Waals surface area (Å²) in [7, 11) is 1.59. The average Bonchev–Trinajstić information content (AvgIpc) is 2.27. The van der Waals surface area contributed by atoms with Crippen LogP contribution in [0.5, 0.6) is 11.5 Å². The Morgan fingerprint density at radius 2 is 1.87 bits per heavy atom. The summed E-state index contributed by atoms with van der Waals surface area (Å²) in [5.74, 6) is 1.36. The zero-order valence-electron chi connectivity index (χ0n) is 9.28. The van der Waals surface area contributed by atoms with Crippen LogP contribution in [0.1, 0.15) is 13.8 Å². The quantitative estimate of drug-likeness (QED) is 0.758. The molecule has 0 bridgehead atoms. The molecule has 15 heavy (non-hydrogen) atoms. The van der Waals surface area contributed by atoms with Crippen LogP contribution >= 0.6 is 0 Å². The topological polar surface area (TPSA) is 42.2 Å². The molecule has 0 unspecified atom stereocenters. The van der Waals surface area contributed by atoms with E-state index in [9.17, 15) is 0 Å². The minimum absolute atomic E-state index is 0.351. The second-order valence-corrected chi connectivity index (χ2v) is 3.94. The van der Waals surface area contributed by atoms with Gasteiger partial charge in [-0.3, -0.25) is 0 Å². The second kappa shape index (κ2) is 4.70. The van der Waals surface area contributed by atoms with E-state index in [0.717, 1.165) is 0 Å². The van der Waals surface area contributed by atoms with Gasteiger partial charge in [0, 0.05) is 0 Å². The monoisotopic (exact) mass is 205 g/mol. The molecule has 0 atom stereocenters. The molecule has 1 aromatic rings. The molecule has 0 radical (unpaired) electrons. The molecular formula is C12H15NO2. The number of nitriles is 1. The Bertz CT molecular complexity index is 366. The van der Waals surface area contributed by atoms with E-state index in [2.05, 4.69) is 6.07 Å². The first-order valence-corrected chi connectivity index (χ1v) is 4.76. The molecule has 1 aromatic carbocycles. The normalized spacial score (nSPS) is 10.5. The van der Waals surface area contributed by atoms with Gasteiger partial charge in [0.15, 0.2) is 11.5 Å². The molecule has 0 aliphatic heterocycles. The molecular weight excluding hydrogens is 190 g/mol. The average molecular weight is 205 g/mol. The van der Waals surface area contributed by atoms with Crippen molar-refractivity contribution in [3.8, 4) is 17.6 Å². The summed E-state index contributed by atoms with van der Waals surface area (Å²) in [4.78, 5) is 0. The number of ether oxygens (including phenoxy) is 2. The summed E-state index contributed by atoms with van der Waals surface area (Å²) in [6, 6.07) is 9.59. The Labute approximate surface area is 90.2 Å². The smallest absolute Gasteiger partial charge is 0.161 e. The van der Waals surface area contributed by atoms with E-state index in [0.29, 0.717) is 18.1 Å². The Hall–Kier alpha value is -1.69. The SMILES string of the molecule is COc1ccccc1OCC(C)(C)C#N. The Balaban J connectivity index is 2.70. The van der Waals surface area contributed by atoms with E-state index in [1.807, 2.05) is 38.1 Å². The molecule has 0 fully saturated rings. The van der Waals surface area contributed by atoms with Crippen LogP contribution in [-0.2, 0) is 0 Å². The second-order valence-electron chi connectivity index (χ2n) is 3.94. The van der Waals surface area contributed by atoms with E-state index in [1.165, 1.54) is 0 Å². The maximum absolute atomic E-state index is 8.84. The van der Waals surface area contributed by atoms with E-state index >= 15 is 0 Å². The van der Waals surface area contributed by atoms with Crippen molar-refractivity contribution in [1.82, 2.24) is 0 Å². The summed E-state index contributed by atoms with van der Waals surface area (Å²) in [5, 5.41) is 8.84. The minimum Gasteiger partial charge on any atom is -0.493 e. The van der Waals surface area contributed by atoms with Crippen LogP contribution in [0, 0.1) is 16.7 Å². The molecule has 3 nitrogen and oxygen atoms in total. The van der Waals surface area contributed by atoms with Crippen LogP contribution in [0.25, 0.3) is 0 Å². The van der Waals surface area contributed by atoms with Gasteiger partial charge >= 0.3 is 0 Å². The van der Waals surface area contributed by atoms with Crippen molar-refractivity contribution in [2.45, 2.75) is 13.8 Å². The van der Waals surface area contributed by atoms with Gasteiger partial charge in [-0.25, -0.2) is 0 Å². The van der Waals surface area contributed by atoms with Crippen LogP contribution in [0.2, 0.25) is 0 Å². The molecule has 0 aromatic heterocycles. The fourth-order valence-electron chi connectivity index (χ4n) is 1.03. The summed E-state index contributed by atoms with van der Waals surface area (Å²) < 4.78 is 10.7. The van der Waals surface area contributed by atoms with Gasteiger partial charge in [0.2, 0.25) is 0 Å². The number of hydrogen-bond acceptors (Lipinski definition) is 3. The molecule has 1 rings (SSSR count). The van der Waals surface area contributed by atoms with Crippen molar-refractivity contribution < 1.29 is 9.47 Å². The predicted octanol–water partition coefficient (Wildman–Crippen LogP) is 2.62. The molecule has 0 heterocycles. The van der Waals surface area contributed by atoms with Crippen molar-refractivity contribution in [2.75, 3.05) is 13.7 Å². The van der Waals surface area contributed by atoms with Gasteiger partial charge in [0.1, 0.15) is 6.61 Å². The lowest BCUT2D eigenvalue weighted by Gasteiger charge is -2.17. The van der Waals surface area contributed by atoms with Crippen molar-refractivity contribution in [2.24, 2.45) is 5.41 Å². The Morgan fingerprint density at radius 3 is 2.40 bits per heavy atom. The van der Waals surface area contributed by atoms with Gasteiger partial charge in [-0.1, -0.05) is 12.1 Å². The number of nitrogens with zero attached hydrogens (tertiary/aromatic N) is 1. The van der Waals surface area contributed by atoms with E-state index in [4.69, 9.17) is 14.7 Å². The molecule has 0 N–H and O–H groups in total. The molecule has 0 amide bonds. The van der Waals surface area contributed by atoms with Gasteiger partial charge in [-0.05, 0) is 26.0 Å². The highest BCUT2D eigenvalue weighted by Crippen LogP contribution is 2.27. The zero-order chi connectivity index (χ0) is 11.3. The first kappa shape index (κ1) is 11.4. The van der Waals surface area contributed by atoms with Crippen LogP contribution in [0.4, 0.5) is 0 Å². The largest absolute Gasteiger partial charge is 0.493 e. The first-order chi connectivity index (χ1) is 7.09. The van der Waals surface area contributed by atoms with Crippen LogP contribution in [0.3, 0.4) is 0 Å². The van der Waals surface area contributed by atoms with Gasteiger partial charge in [0.05, 0.1) is 18.6 Å². The maximum Gasteiger partial charge on any atom is 0.161 e. The summed E-state index contributed by atoms with van der Waals surface area (Å²) >= 11 is 0. The predicted molar refractivity (Wildman–Crippen MR) is 57.9 cm³/mol. The highest BCUT2D eigenvalue weighted by molar-refractivity contribution is 5.39. The number of para-hydroxylation sites is 2. The Kier molecular flexibility index (Phi) is 3.56. The molecule has 80 valence electrons. The van der Waals surface area contributed by atoms with Gasteiger partial charge < -0.3 is 9.47 Å². The first-order valence-electron chi connectivity index (χ1n) is 4.76. The lowest BCUT2D eigenvalue weighted by Crippen LogP contribution is -2.19. The number of hydrogen-bond donors (Lipinski definition) is 0. The highest BCUT2D eigenvalue weighted by atomic mass is 16.5. The van der Waals surface area contributed by atoms with E-state index in [1.54, 1.807) is 7.11 Å². The fourth-order valence-corrected chi connectivity index (χ4v) is 1.03. The molecule has 3 heteroatoms. The van der Waals surface area contributed by atoms with Crippen molar-refractivity contribution >= 4 is 0 Å². The highest BCUT2D eigenvalue weighted by Gasteiger charge is 2.18. The molecule has 0 aliphatic carbocycles. The summed E-state index contributed by atoms with van der Waals surface area (Å²) in [6.07, 6.45) is 0. The minimum atomic E-state index is -0.485. The van der Waals surface area contributed by atoms with Crippen LogP contribution < -0.4 is 9.47 Å². The molecule has 0 saturated carbocycles. The third kappa shape index (κ3) is 3.17. The van der Waals surface area contributed by atoms with Crippen molar-refractivity contribution in [3.63, 3.8) is 0 Å². The third-order valence-electron chi connectivity index (χ3n) is 1.96. The lowest BCUT2D eigenvalue weighted by atomic mass is 9.98.